The summed E-state index contributed by atoms with van der Waals surface area (Å²) in [5, 5.41) is 21.2. The summed E-state index contributed by atoms with van der Waals surface area (Å²) in [5.41, 5.74) is 0.00320. The summed E-state index contributed by atoms with van der Waals surface area (Å²) >= 11 is 5.78. The lowest BCUT2D eigenvalue weighted by Gasteiger charge is -2.00. The Balaban J connectivity index is 2.39. The number of halogens is 1. The molecule has 0 saturated heterocycles. The molecular formula is C11H9BrN2O3S2. The van der Waals surface area contributed by atoms with Crippen molar-refractivity contribution in [2.75, 3.05) is 0 Å². The van der Waals surface area contributed by atoms with E-state index in [1.807, 2.05) is 6.07 Å². The fraction of sp³-hybridized carbons (Fsp3) is 0.182. The highest BCUT2D eigenvalue weighted by atomic mass is 79.9. The average Bonchev–Trinajstić information content (AvgIpc) is 2.76. The number of nitrogens with zero attached hydrogens (tertiary/aromatic N) is 2. The molecule has 0 saturated carbocycles. The van der Waals surface area contributed by atoms with E-state index in [1.54, 1.807) is 19.2 Å². The largest absolute Gasteiger partial charge is 0.388 e. The maximum Gasteiger partial charge on any atom is 0.294 e. The van der Waals surface area contributed by atoms with Crippen LogP contribution < -0.4 is 0 Å². The molecule has 8 heteroatoms. The molecule has 2 aromatic heterocycles. The number of aliphatic hydroxyl groups is 1. The lowest BCUT2D eigenvalue weighted by atomic mass is 10.3. The lowest BCUT2D eigenvalue weighted by molar-refractivity contribution is -0.387. The van der Waals surface area contributed by atoms with Gasteiger partial charge in [0.1, 0.15) is 9.24 Å². The molecule has 0 amide bonds. The molecule has 100 valence electrons. The molecule has 0 aromatic carbocycles. The molecule has 2 heterocycles. The van der Waals surface area contributed by atoms with Gasteiger partial charge in [0.15, 0.2) is 0 Å². The summed E-state index contributed by atoms with van der Waals surface area (Å²) in [6.07, 6.45) is 0.910. The van der Waals surface area contributed by atoms with Gasteiger partial charge in [-0.1, -0.05) is 11.8 Å². The van der Waals surface area contributed by atoms with E-state index in [4.69, 9.17) is 0 Å². The zero-order chi connectivity index (χ0) is 14.0. The van der Waals surface area contributed by atoms with Gasteiger partial charge in [-0.25, -0.2) is 4.98 Å². The van der Waals surface area contributed by atoms with Crippen LogP contribution in [0.4, 0.5) is 5.69 Å². The van der Waals surface area contributed by atoms with E-state index in [0.717, 1.165) is 4.47 Å². The first-order valence-corrected chi connectivity index (χ1v) is 7.66. The van der Waals surface area contributed by atoms with Crippen molar-refractivity contribution >= 4 is 44.7 Å². The van der Waals surface area contributed by atoms with Crippen LogP contribution >= 0.6 is 39.0 Å². The van der Waals surface area contributed by atoms with Gasteiger partial charge in [-0.3, -0.25) is 10.1 Å². The van der Waals surface area contributed by atoms with Gasteiger partial charge in [-0.15, -0.1) is 11.3 Å². The molecule has 0 aliphatic rings. The molecular weight excluding hydrogens is 352 g/mol. The number of thiophene rings is 1. The first-order valence-electron chi connectivity index (χ1n) is 5.23. The van der Waals surface area contributed by atoms with Gasteiger partial charge in [-0.05, 0) is 35.0 Å². The molecule has 19 heavy (non-hydrogen) atoms. The molecule has 0 spiro atoms. The lowest BCUT2D eigenvalue weighted by Crippen LogP contribution is -1.88. The second-order valence-electron chi connectivity index (χ2n) is 3.65. The van der Waals surface area contributed by atoms with Crippen molar-refractivity contribution in [1.82, 2.24) is 4.98 Å². The fourth-order valence-corrected chi connectivity index (χ4v) is 4.00. The van der Waals surface area contributed by atoms with Crippen molar-refractivity contribution in [3.05, 3.63) is 43.9 Å². The van der Waals surface area contributed by atoms with Gasteiger partial charge in [0.2, 0.25) is 0 Å². The fourth-order valence-electron chi connectivity index (χ4n) is 1.32. The van der Waals surface area contributed by atoms with Crippen molar-refractivity contribution in [2.24, 2.45) is 0 Å². The SMILES string of the molecule is C[C@H](O)c1cc([N+](=O)[O-])c(Sc2ncccc2Br)s1. The molecule has 0 aliphatic heterocycles. The van der Waals surface area contributed by atoms with Crippen LogP contribution in [0, 0.1) is 10.1 Å². The molecule has 0 fully saturated rings. The summed E-state index contributed by atoms with van der Waals surface area (Å²) in [6.45, 7) is 1.58. The highest BCUT2D eigenvalue weighted by Crippen LogP contribution is 2.43. The molecule has 2 rings (SSSR count). The third kappa shape index (κ3) is 3.33. The topological polar surface area (TPSA) is 76.3 Å². The van der Waals surface area contributed by atoms with Crippen LogP contribution in [0.25, 0.3) is 0 Å². The number of hydrogen-bond acceptors (Lipinski definition) is 6. The van der Waals surface area contributed by atoms with Crippen LogP contribution in [-0.4, -0.2) is 15.0 Å². The zero-order valence-corrected chi connectivity index (χ0v) is 13.0. The van der Waals surface area contributed by atoms with Gasteiger partial charge < -0.3 is 5.11 Å². The maximum atomic E-state index is 11.0. The Morgan fingerprint density at radius 3 is 2.95 bits per heavy atom. The summed E-state index contributed by atoms with van der Waals surface area (Å²) in [6, 6.07) is 5.01. The molecule has 1 atom stereocenters. The number of nitro groups is 1. The normalized spacial score (nSPS) is 12.4. The van der Waals surface area contributed by atoms with E-state index in [0.29, 0.717) is 14.1 Å². The van der Waals surface area contributed by atoms with Crippen LogP contribution in [0.1, 0.15) is 17.9 Å². The highest BCUT2D eigenvalue weighted by Gasteiger charge is 2.22. The summed E-state index contributed by atoms with van der Waals surface area (Å²) in [5.74, 6) is 0. The number of aliphatic hydroxyl groups excluding tert-OH is 1. The van der Waals surface area contributed by atoms with Gasteiger partial charge in [0, 0.05) is 17.1 Å². The molecule has 1 N–H and O–H groups in total. The second kappa shape index (κ2) is 6.00. The van der Waals surface area contributed by atoms with Crippen LogP contribution in [-0.2, 0) is 0 Å². The first-order chi connectivity index (χ1) is 8.99. The van der Waals surface area contributed by atoms with E-state index in [2.05, 4.69) is 20.9 Å². The molecule has 0 bridgehead atoms. The molecule has 0 aliphatic carbocycles. The Morgan fingerprint density at radius 2 is 2.37 bits per heavy atom. The Labute approximate surface area is 126 Å². The molecule has 0 radical (unpaired) electrons. The van der Waals surface area contributed by atoms with E-state index in [9.17, 15) is 15.2 Å². The minimum absolute atomic E-state index is 0.00320. The predicted molar refractivity (Wildman–Crippen MR) is 77.7 cm³/mol. The zero-order valence-electron chi connectivity index (χ0n) is 9.74. The van der Waals surface area contributed by atoms with E-state index in [-0.39, 0.29) is 5.69 Å². The van der Waals surface area contributed by atoms with Crippen LogP contribution in [0.3, 0.4) is 0 Å². The Hall–Kier alpha value is -0.960. The minimum Gasteiger partial charge on any atom is -0.388 e. The second-order valence-corrected chi connectivity index (χ2v) is 6.84. The number of pyridine rings is 1. The average molecular weight is 361 g/mol. The van der Waals surface area contributed by atoms with Crippen molar-refractivity contribution in [1.29, 1.82) is 0 Å². The highest BCUT2D eigenvalue weighted by molar-refractivity contribution is 9.10. The standard InChI is InChI=1S/C11H9BrN2O3S2/c1-6(15)9-5-8(14(16)17)11(18-9)19-10-7(12)3-2-4-13-10/h2-6,15H,1H3/t6-/m0/s1. The Bertz CT molecular complexity index is 616. The number of aromatic nitrogens is 1. The third-order valence-electron chi connectivity index (χ3n) is 2.22. The predicted octanol–water partition coefficient (Wildman–Crippen LogP) is 4.02. The van der Waals surface area contributed by atoms with Crippen molar-refractivity contribution in [2.45, 2.75) is 22.3 Å². The monoisotopic (exact) mass is 360 g/mol. The maximum absolute atomic E-state index is 11.0. The van der Waals surface area contributed by atoms with Crippen LogP contribution in [0.15, 0.2) is 38.1 Å². The molecule has 5 nitrogen and oxygen atoms in total. The van der Waals surface area contributed by atoms with Gasteiger partial charge >= 0.3 is 0 Å². The first kappa shape index (κ1) is 14.4. The summed E-state index contributed by atoms with van der Waals surface area (Å²) in [7, 11) is 0. The summed E-state index contributed by atoms with van der Waals surface area (Å²) < 4.78 is 1.29. The van der Waals surface area contributed by atoms with E-state index < -0.39 is 11.0 Å². The van der Waals surface area contributed by atoms with E-state index >= 15 is 0 Å². The van der Waals surface area contributed by atoms with Crippen molar-refractivity contribution in [3.8, 4) is 0 Å². The molecule has 2 aromatic rings. The van der Waals surface area contributed by atoms with Gasteiger partial charge in [-0.2, -0.15) is 0 Å². The number of hydrogen-bond donors (Lipinski definition) is 1. The number of rotatable bonds is 4. The van der Waals surface area contributed by atoms with Crippen LogP contribution in [0.5, 0.6) is 0 Å². The smallest absolute Gasteiger partial charge is 0.294 e. The third-order valence-corrected chi connectivity index (χ3v) is 5.63. The minimum atomic E-state index is -0.717. The van der Waals surface area contributed by atoms with Gasteiger partial charge in [0.05, 0.1) is 15.5 Å². The van der Waals surface area contributed by atoms with E-state index in [1.165, 1.54) is 29.2 Å². The quantitative estimate of drug-likeness (QED) is 0.658. The Morgan fingerprint density at radius 1 is 1.63 bits per heavy atom. The molecule has 0 unspecified atom stereocenters. The van der Waals surface area contributed by atoms with Crippen molar-refractivity contribution in [3.63, 3.8) is 0 Å². The van der Waals surface area contributed by atoms with Crippen LogP contribution in [0.2, 0.25) is 0 Å². The van der Waals surface area contributed by atoms with Crippen molar-refractivity contribution < 1.29 is 10.0 Å². The Kier molecular flexibility index (Phi) is 4.56. The van der Waals surface area contributed by atoms with Gasteiger partial charge in [0.25, 0.3) is 5.69 Å². The summed E-state index contributed by atoms with van der Waals surface area (Å²) in [4.78, 5) is 15.3.